The van der Waals surface area contributed by atoms with Gasteiger partial charge in [0.15, 0.2) is 6.04 Å². The molecule has 0 amide bonds. The SMILES string of the molecule is CC(C)C[C@H](N)C(=O)O.O=C=N[C@@H](Cc1ccc(OCc2ccccn2)cc1)C(=O)O. The standard InChI is InChI=1S/C16H14N2O4.C6H13NO2/c19-11-18-15(16(20)21)9-12-4-6-14(7-5-12)22-10-13-3-1-2-8-17-13;1-4(2)3-5(7)6(8)9/h1-8,15H,9-10H2,(H,20,21);4-5H,3,7H2,1-2H3,(H,8,9)/t15-;5-/m00/s1. The van der Waals surface area contributed by atoms with E-state index in [-0.39, 0.29) is 6.42 Å². The minimum absolute atomic E-state index is 0.130. The monoisotopic (exact) mass is 429 g/mol. The number of carbonyl (C=O) groups is 2. The number of nitrogens with zero attached hydrogens (tertiary/aromatic N) is 2. The molecule has 2 aromatic rings. The van der Waals surface area contributed by atoms with Crippen LogP contribution in [0.25, 0.3) is 0 Å². The Kier molecular flexibility index (Phi) is 11.2. The molecule has 0 unspecified atom stereocenters. The molecule has 2 atom stereocenters. The van der Waals surface area contributed by atoms with Gasteiger partial charge >= 0.3 is 11.9 Å². The van der Waals surface area contributed by atoms with Gasteiger partial charge in [-0.2, -0.15) is 4.99 Å². The molecule has 9 heteroatoms. The first-order valence-corrected chi connectivity index (χ1v) is 9.62. The smallest absolute Gasteiger partial charge is 0.329 e. The van der Waals surface area contributed by atoms with Gasteiger partial charge in [0.25, 0.3) is 0 Å². The lowest BCUT2D eigenvalue weighted by atomic mass is 10.1. The lowest BCUT2D eigenvalue weighted by Crippen LogP contribution is -2.31. The number of aliphatic carboxylic acids is 2. The molecular formula is C22H27N3O6. The molecule has 0 saturated heterocycles. The van der Waals surface area contributed by atoms with Crippen LogP contribution in [0.4, 0.5) is 0 Å². The third kappa shape index (κ3) is 10.7. The lowest BCUT2D eigenvalue weighted by Gasteiger charge is -2.08. The largest absolute Gasteiger partial charge is 0.487 e. The lowest BCUT2D eigenvalue weighted by molar-refractivity contribution is -0.139. The van der Waals surface area contributed by atoms with Crippen LogP contribution in [0.2, 0.25) is 0 Å². The van der Waals surface area contributed by atoms with Gasteiger partial charge in [-0.1, -0.05) is 32.0 Å². The van der Waals surface area contributed by atoms with Gasteiger partial charge in [-0.3, -0.25) is 9.78 Å². The van der Waals surface area contributed by atoms with Crippen molar-refractivity contribution in [1.29, 1.82) is 0 Å². The average Bonchev–Trinajstić information content (AvgIpc) is 2.73. The zero-order valence-electron chi connectivity index (χ0n) is 17.5. The zero-order valence-corrected chi connectivity index (χ0v) is 17.5. The van der Waals surface area contributed by atoms with Crippen LogP contribution < -0.4 is 10.5 Å². The number of carboxylic acid groups (broad SMARTS) is 2. The van der Waals surface area contributed by atoms with E-state index in [1.165, 1.54) is 6.08 Å². The minimum atomic E-state index is -1.15. The maximum atomic E-state index is 10.9. The summed E-state index contributed by atoms with van der Waals surface area (Å²) in [5.41, 5.74) is 6.78. The number of ether oxygens (including phenoxy) is 1. The Morgan fingerprint density at radius 3 is 2.26 bits per heavy atom. The highest BCUT2D eigenvalue weighted by molar-refractivity contribution is 5.75. The molecule has 0 spiro atoms. The predicted octanol–water partition coefficient (Wildman–Crippen LogP) is 2.44. The summed E-state index contributed by atoms with van der Waals surface area (Å²) in [5, 5.41) is 17.2. The van der Waals surface area contributed by atoms with E-state index in [9.17, 15) is 14.4 Å². The summed E-state index contributed by atoms with van der Waals surface area (Å²) in [5.74, 6) is -1.06. The Bertz CT molecular complexity index is 863. The Labute approximate surface area is 180 Å². The molecule has 2 rings (SSSR count). The van der Waals surface area contributed by atoms with Crippen LogP contribution in [-0.2, 0) is 27.4 Å². The summed E-state index contributed by atoms with van der Waals surface area (Å²) in [6.45, 7) is 4.25. The van der Waals surface area contributed by atoms with Crippen LogP contribution >= 0.6 is 0 Å². The second-order valence-corrected chi connectivity index (χ2v) is 7.11. The highest BCUT2D eigenvalue weighted by atomic mass is 16.5. The number of rotatable bonds is 10. The number of benzene rings is 1. The van der Waals surface area contributed by atoms with Crippen LogP contribution in [0.5, 0.6) is 5.75 Å². The van der Waals surface area contributed by atoms with E-state index in [1.807, 2.05) is 32.0 Å². The van der Waals surface area contributed by atoms with Crippen molar-refractivity contribution in [3.05, 3.63) is 59.9 Å². The van der Waals surface area contributed by atoms with Gasteiger partial charge in [-0.15, -0.1) is 0 Å². The third-order valence-corrected chi connectivity index (χ3v) is 4.00. The summed E-state index contributed by atoms with van der Waals surface area (Å²) < 4.78 is 5.58. The van der Waals surface area contributed by atoms with E-state index in [4.69, 9.17) is 20.7 Å². The summed E-state index contributed by atoms with van der Waals surface area (Å²) >= 11 is 0. The van der Waals surface area contributed by atoms with Crippen molar-refractivity contribution in [2.24, 2.45) is 16.6 Å². The van der Waals surface area contributed by atoms with E-state index in [2.05, 4.69) is 9.98 Å². The zero-order chi connectivity index (χ0) is 23.2. The number of hydrogen-bond donors (Lipinski definition) is 3. The van der Waals surface area contributed by atoms with Crippen LogP contribution in [-0.4, -0.2) is 45.3 Å². The number of carboxylic acids is 2. The Morgan fingerprint density at radius 1 is 1.13 bits per heavy atom. The fraction of sp³-hybridized carbons (Fsp3) is 0.364. The molecule has 0 radical (unpaired) electrons. The van der Waals surface area contributed by atoms with E-state index >= 15 is 0 Å². The van der Waals surface area contributed by atoms with Crippen LogP contribution in [0.1, 0.15) is 31.5 Å². The molecule has 0 aliphatic carbocycles. The first kappa shape index (κ1) is 25.5. The van der Waals surface area contributed by atoms with Crippen LogP contribution in [0, 0.1) is 5.92 Å². The number of carbonyl (C=O) groups excluding carboxylic acids is 1. The van der Waals surface area contributed by atoms with Gasteiger partial charge in [-0.25, -0.2) is 9.59 Å². The van der Waals surface area contributed by atoms with E-state index < -0.39 is 24.0 Å². The minimum Gasteiger partial charge on any atom is -0.487 e. The Balaban J connectivity index is 0.000000452. The number of isocyanates is 1. The number of pyridine rings is 1. The molecule has 0 aliphatic heterocycles. The second kappa shape index (κ2) is 13.6. The van der Waals surface area contributed by atoms with Gasteiger partial charge in [0, 0.05) is 12.6 Å². The maximum absolute atomic E-state index is 10.9. The quantitative estimate of drug-likeness (QED) is 0.385. The van der Waals surface area contributed by atoms with Crippen LogP contribution in [0.15, 0.2) is 53.7 Å². The first-order valence-electron chi connectivity index (χ1n) is 9.62. The first-order chi connectivity index (χ1) is 14.7. The highest BCUT2D eigenvalue weighted by Gasteiger charge is 2.16. The normalized spacial score (nSPS) is 12.0. The molecule has 0 saturated carbocycles. The van der Waals surface area contributed by atoms with Crippen molar-refractivity contribution < 1.29 is 29.3 Å². The topological polar surface area (TPSA) is 152 Å². The molecule has 31 heavy (non-hydrogen) atoms. The van der Waals surface area contributed by atoms with Gasteiger partial charge in [0.05, 0.1) is 5.69 Å². The van der Waals surface area contributed by atoms with Gasteiger partial charge in [0.2, 0.25) is 6.08 Å². The van der Waals surface area contributed by atoms with E-state index in [1.54, 1.807) is 30.5 Å². The highest BCUT2D eigenvalue weighted by Crippen LogP contribution is 2.15. The van der Waals surface area contributed by atoms with Crippen molar-refractivity contribution in [3.63, 3.8) is 0 Å². The van der Waals surface area contributed by atoms with Gasteiger partial charge in [-0.05, 0) is 42.2 Å². The summed E-state index contributed by atoms with van der Waals surface area (Å²) in [6, 6.07) is 10.7. The molecule has 0 fully saturated rings. The number of hydrogen-bond acceptors (Lipinski definition) is 7. The number of aromatic nitrogens is 1. The van der Waals surface area contributed by atoms with Crippen molar-refractivity contribution in [1.82, 2.24) is 4.98 Å². The molecule has 1 aromatic carbocycles. The average molecular weight is 429 g/mol. The maximum Gasteiger partial charge on any atom is 0.329 e. The molecule has 0 bridgehead atoms. The fourth-order valence-electron chi connectivity index (χ4n) is 2.45. The molecule has 4 N–H and O–H groups in total. The summed E-state index contributed by atoms with van der Waals surface area (Å²) in [6.07, 6.45) is 3.66. The third-order valence-electron chi connectivity index (χ3n) is 4.00. The molecule has 1 heterocycles. The van der Waals surface area contributed by atoms with E-state index in [0.717, 1.165) is 11.3 Å². The summed E-state index contributed by atoms with van der Waals surface area (Å²) in [4.78, 5) is 38.7. The molecule has 1 aromatic heterocycles. The van der Waals surface area contributed by atoms with Gasteiger partial charge < -0.3 is 20.7 Å². The fourth-order valence-corrected chi connectivity index (χ4v) is 2.45. The summed E-state index contributed by atoms with van der Waals surface area (Å²) in [7, 11) is 0. The van der Waals surface area contributed by atoms with Crippen molar-refractivity contribution >= 4 is 18.0 Å². The molecule has 0 aliphatic rings. The van der Waals surface area contributed by atoms with Crippen molar-refractivity contribution in [2.45, 2.75) is 45.4 Å². The Hall–Kier alpha value is -3.55. The molecular weight excluding hydrogens is 402 g/mol. The molecule has 9 nitrogen and oxygen atoms in total. The number of aliphatic imine (C=N–C) groups is 1. The molecule has 166 valence electrons. The number of nitrogens with two attached hydrogens (primary N) is 1. The van der Waals surface area contributed by atoms with Crippen LogP contribution in [0.3, 0.4) is 0 Å². The predicted molar refractivity (Wildman–Crippen MR) is 113 cm³/mol. The van der Waals surface area contributed by atoms with E-state index in [0.29, 0.717) is 24.7 Å². The second-order valence-electron chi connectivity index (χ2n) is 7.11. The Morgan fingerprint density at radius 2 is 1.81 bits per heavy atom. The van der Waals surface area contributed by atoms with Gasteiger partial charge in [0.1, 0.15) is 18.4 Å². The van der Waals surface area contributed by atoms with Crippen molar-refractivity contribution in [3.8, 4) is 5.75 Å². The van der Waals surface area contributed by atoms with Crippen molar-refractivity contribution in [2.75, 3.05) is 0 Å².